The predicted octanol–water partition coefficient (Wildman–Crippen LogP) is 1.53. The summed E-state index contributed by atoms with van der Waals surface area (Å²) in [5.41, 5.74) is -2.09. The summed E-state index contributed by atoms with van der Waals surface area (Å²) in [7, 11) is 1.14. The Balaban J connectivity index is 5.19. The minimum atomic E-state index is -1.38. The fraction of sp³-hybridized carbons (Fsp3) is 0.778. The van der Waals surface area contributed by atoms with Gasteiger partial charge in [0.05, 0.1) is 7.11 Å². The fourth-order valence-corrected chi connectivity index (χ4v) is 2.32. The predicted molar refractivity (Wildman–Crippen MR) is 105 cm³/mol. The third-order valence-corrected chi connectivity index (χ3v) is 3.83. The number of ether oxygens (including phenoxy) is 2. The molecule has 162 valence electrons. The second-order valence-corrected chi connectivity index (χ2v) is 8.43. The number of esters is 1. The smallest absolute Gasteiger partial charge is 0.408 e. The van der Waals surface area contributed by atoms with Crippen LogP contribution in [0.15, 0.2) is 0 Å². The molecule has 3 atom stereocenters. The first-order valence-electron chi connectivity index (χ1n) is 9.01. The van der Waals surface area contributed by atoms with Crippen molar-refractivity contribution in [3.8, 4) is 0 Å². The molecule has 28 heavy (non-hydrogen) atoms. The van der Waals surface area contributed by atoms with E-state index in [4.69, 9.17) is 16.3 Å². The maximum Gasteiger partial charge on any atom is 0.408 e. The van der Waals surface area contributed by atoms with Crippen LogP contribution in [0, 0.1) is 11.8 Å². The van der Waals surface area contributed by atoms with Crippen LogP contribution in [0.2, 0.25) is 0 Å². The van der Waals surface area contributed by atoms with Gasteiger partial charge in [-0.1, -0.05) is 39.3 Å². The number of alkyl halides is 1. The molecule has 0 aliphatic rings. The van der Waals surface area contributed by atoms with E-state index in [2.05, 4.69) is 20.7 Å². The van der Waals surface area contributed by atoms with Crippen LogP contribution in [0.5, 0.6) is 0 Å². The van der Waals surface area contributed by atoms with Gasteiger partial charge in [0.25, 0.3) is 0 Å². The summed E-state index contributed by atoms with van der Waals surface area (Å²) in [5, 5.41) is 7.40. The molecule has 3 amide bonds. The number of amides is 3. The minimum Gasteiger partial charge on any atom is -0.467 e. The standard InChI is InChI=1S/C18H32ClN3O6/c1-9(2)11(15(24)22-13(19)16(25)27-8)20-14(23)12(10(3)4)21-17(26)28-18(5,6)7/h9-13H,1-8H3,(H,20,23)(H,21,26)(H,22,24)/t11-,12-,13+/m0/s1. The number of carbonyl (C=O) groups is 4. The summed E-state index contributed by atoms with van der Waals surface area (Å²) >= 11 is 5.76. The number of carbonyl (C=O) groups excluding carboxylic acids is 4. The molecule has 0 spiro atoms. The van der Waals surface area contributed by atoms with Crippen molar-refractivity contribution in [1.82, 2.24) is 16.0 Å². The van der Waals surface area contributed by atoms with Crippen LogP contribution in [0.1, 0.15) is 48.5 Å². The molecule has 0 bridgehead atoms. The first-order valence-corrected chi connectivity index (χ1v) is 9.45. The Morgan fingerprint density at radius 3 is 1.64 bits per heavy atom. The van der Waals surface area contributed by atoms with Crippen LogP contribution in [0.3, 0.4) is 0 Å². The monoisotopic (exact) mass is 421 g/mol. The average Bonchev–Trinajstić information content (AvgIpc) is 2.53. The highest BCUT2D eigenvalue weighted by Crippen LogP contribution is 2.10. The molecule has 10 heteroatoms. The molecule has 0 aliphatic heterocycles. The summed E-state index contributed by atoms with van der Waals surface area (Å²) in [5.74, 6) is -2.60. The van der Waals surface area contributed by atoms with Gasteiger partial charge in [-0.2, -0.15) is 0 Å². The molecule has 0 rings (SSSR count). The average molecular weight is 422 g/mol. The van der Waals surface area contributed by atoms with Gasteiger partial charge in [0, 0.05) is 0 Å². The summed E-state index contributed by atoms with van der Waals surface area (Å²) in [6.45, 7) is 12.1. The molecule has 0 heterocycles. The lowest BCUT2D eigenvalue weighted by atomic mass is 10.00. The molecule has 0 unspecified atom stereocenters. The maximum atomic E-state index is 12.7. The van der Waals surface area contributed by atoms with Crippen LogP contribution in [-0.4, -0.2) is 54.2 Å². The van der Waals surface area contributed by atoms with Crippen LogP contribution < -0.4 is 16.0 Å². The second kappa shape index (κ2) is 11.1. The van der Waals surface area contributed by atoms with E-state index >= 15 is 0 Å². The Hall–Kier alpha value is -2.03. The van der Waals surface area contributed by atoms with Gasteiger partial charge in [0.2, 0.25) is 17.3 Å². The quantitative estimate of drug-likeness (QED) is 0.310. The molecule has 0 saturated heterocycles. The molecule has 0 aromatic carbocycles. The van der Waals surface area contributed by atoms with Crippen molar-refractivity contribution in [3.63, 3.8) is 0 Å². The van der Waals surface area contributed by atoms with Crippen molar-refractivity contribution >= 4 is 35.5 Å². The number of hydrogen-bond donors (Lipinski definition) is 3. The van der Waals surface area contributed by atoms with E-state index in [1.807, 2.05) is 0 Å². The Morgan fingerprint density at radius 1 is 0.821 bits per heavy atom. The highest BCUT2D eigenvalue weighted by molar-refractivity contribution is 6.30. The molecule has 0 saturated carbocycles. The minimum absolute atomic E-state index is 0.265. The summed E-state index contributed by atoms with van der Waals surface area (Å²) in [6.07, 6.45) is -0.738. The van der Waals surface area contributed by atoms with Crippen molar-refractivity contribution in [2.75, 3.05) is 7.11 Å². The first kappa shape index (κ1) is 26.0. The van der Waals surface area contributed by atoms with Crippen LogP contribution in [0.4, 0.5) is 4.79 Å². The van der Waals surface area contributed by atoms with Crippen molar-refractivity contribution in [3.05, 3.63) is 0 Å². The molecule has 0 fully saturated rings. The van der Waals surface area contributed by atoms with Gasteiger partial charge in [0.15, 0.2) is 0 Å². The van der Waals surface area contributed by atoms with Crippen molar-refractivity contribution in [2.45, 2.75) is 71.7 Å². The number of rotatable bonds is 8. The number of methoxy groups -OCH3 is 1. The summed E-state index contributed by atoms with van der Waals surface area (Å²) < 4.78 is 9.63. The lowest BCUT2D eigenvalue weighted by Gasteiger charge is -2.28. The lowest BCUT2D eigenvalue weighted by Crippen LogP contribution is -2.58. The fourth-order valence-electron chi connectivity index (χ4n) is 2.12. The maximum absolute atomic E-state index is 12.7. The van der Waals surface area contributed by atoms with E-state index < -0.39 is 47.1 Å². The molecule has 0 aromatic rings. The van der Waals surface area contributed by atoms with Crippen molar-refractivity contribution in [2.24, 2.45) is 11.8 Å². The van der Waals surface area contributed by atoms with E-state index in [9.17, 15) is 19.2 Å². The van der Waals surface area contributed by atoms with E-state index in [1.54, 1.807) is 48.5 Å². The molecule has 0 radical (unpaired) electrons. The Labute approximate surface area is 171 Å². The van der Waals surface area contributed by atoms with Gasteiger partial charge in [-0.3, -0.25) is 9.59 Å². The molecule has 9 nitrogen and oxygen atoms in total. The molecular formula is C18H32ClN3O6. The van der Waals surface area contributed by atoms with Gasteiger partial charge in [-0.15, -0.1) is 0 Å². The third kappa shape index (κ3) is 9.25. The number of halogens is 1. The molecule has 3 N–H and O–H groups in total. The zero-order chi connectivity index (χ0) is 22.2. The van der Waals surface area contributed by atoms with E-state index in [0.29, 0.717) is 0 Å². The number of hydrogen-bond acceptors (Lipinski definition) is 6. The zero-order valence-corrected chi connectivity index (χ0v) is 18.5. The van der Waals surface area contributed by atoms with Crippen molar-refractivity contribution < 1.29 is 28.7 Å². The third-order valence-electron chi connectivity index (χ3n) is 3.55. The number of alkyl carbamates (subject to hydrolysis) is 1. The second-order valence-electron chi connectivity index (χ2n) is 7.99. The van der Waals surface area contributed by atoms with Gasteiger partial charge in [0.1, 0.15) is 17.7 Å². The lowest BCUT2D eigenvalue weighted by molar-refractivity contribution is -0.143. The normalized spacial score (nSPS) is 14.7. The molecule has 0 aromatic heterocycles. The van der Waals surface area contributed by atoms with Gasteiger partial charge >= 0.3 is 12.1 Å². The largest absolute Gasteiger partial charge is 0.467 e. The molecular weight excluding hydrogens is 390 g/mol. The van der Waals surface area contributed by atoms with E-state index in [-0.39, 0.29) is 11.8 Å². The van der Waals surface area contributed by atoms with E-state index in [0.717, 1.165) is 7.11 Å². The van der Waals surface area contributed by atoms with Gasteiger partial charge in [-0.05, 0) is 32.6 Å². The van der Waals surface area contributed by atoms with Crippen LogP contribution >= 0.6 is 11.6 Å². The van der Waals surface area contributed by atoms with Crippen LogP contribution in [-0.2, 0) is 23.9 Å². The van der Waals surface area contributed by atoms with Crippen molar-refractivity contribution in [1.29, 1.82) is 0 Å². The van der Waals surface area contributed by atoms with Crippen LogP contribution in [0.25, 0.3) is 0 Å². The topological polar surface area (TPSA) is 123 Å². The zero-order valence-electron chi connectivity index (χ0n) is 17.7. The highest BCUT2D eigenvalue weighted by atomic mass is 35.5. The first-order chi connectivity index (χ1) is 12.7. The Morgan fingerprint density at radius 2 is 1.25 bits per heavy atom. The summed E-state index contributed by atoms with van der Waals surface area (Å²) in [6, 6.07) is -1.89. The van der Waals surface area contributed by atoms with Gasteiger partial charge < -0.3 is 25.4 Å². The SMILES string of the molecule is COC(=O)[C@H](Cl)NC(=O)[C@@H](NC(=O)[C@@H](NC(=O)OC(C)(C)C)C(C)C)C(C)C. The van der Waals surface area contributed by atoms with Gasteiger partial charge in [-0.25, -0.2) is 9.59 Å². The Kier molecular flexibility index (Phi) is 10.3. The van der Waals surface area contributed by atoms with E-state index in [1.165, 1.54) is 0 Å². The highest BCUT2D eigenvalue weighted by Gasteiger charge is 2.32. The Bertz CT molecular complexity index is 574. The molecule has 0 aliphatic carbocycles. The number of nitrogens with one attached hydrogen (secondary N) is 3. The summed E-state index contributed by atoms with van der Waals surface area (Å²) in [4.78, 5) is 48.5.